The van der Waals surface area contributed by atoms with E-state index in [1.54, 1.807) is 11.8 Å². The molecule has 0 radical (unpaired) electrons. The van der Waals surface area contributed by atoms with Crippen LogP contribution in [0.2, 0.25) is 0 Å². The summed E-state index contributed by atoms with van der Waals surface area (Å²) in [6.45, 7) is 2.14. The topological polar surface area (TPSA) is 12.9 Å². The van der Waals surface area contributed by atoms with Crippen LogP contribution in [0.3, 0.4) is 0 Å². The van der Waals surface area contributed by atoms with Crippen LogP contribution in [0.1, 0.15) is 12.5 Å². The van der Waals surface area contributed by atoms with Gasteiger partial charge in [-0.05, 0) is 24.3 Å². The van der Waals surface area contributed by atoms with Gasteiger partial charge in [0, 0.05) is 17.3 Å². The SMILES string of the molecule is CCc1cncc(SC)c1. The molecule has 0 unspecified atom stereocenters. The molecule has 54 valence electrons. The molecule has 1 aromatic rings. The monoisotopic (exact) mass is 153 g/mol. The van der Waals surface area contributed by atoms with Crippen molar-refractivity contribution >= 4 is 11.8 Å². The molecule has 1 heterocycles. The molecule has 0 saturated carbocycles. The van der Waals surface area contributed by atoms with Crippen LogP contribution < -0.4 is 0 Å². The molecule has 2 heteroatoms. The van der Waals surface area contributed by atoms with Crippen molar-refractivity contribution in [3.8, 4) is 0 Å². The third-order valence-corrected chi connectivity index (χ3v) is 2.11. The molecular weight excluding hydrogens is 142 g/mol. The van der Waals surface area contributed by atoms with Crippen LogP contribution >= 0.6 is 11.8 Å². The molecule has 0 aliphatic carbocycles. The average Bonchev–Trinajstić information content (AvgIpc) is 2.05. The first-order chi connectivity index (χ1) is 4.86. The highest BCUT2D eigenvalue weighted by Crippen LogP contribution is 2.13. The smallest absolute Gasteiger partial charge is 0.0404 e. The summed E-state index contributed by atoms with van der Waals surface area (Å²) in [6.07, 6.45) is 6.95. The summed E-state index contributed by atoms with van der Waals surface area (Å²) in [5.41, 5.74) is 1.31. The van der Waals surface area contributed by atoms with E-state index in [-0.39, 0.29) is 0 Å². The molecule has 0 amide bonds. The molecule has 0 aliphatic rings. The number of rotatable bonds is 2. The van der Waals surface area contributed by atoms with Crippen LogP contribution in [0, 0.1) is 0 Å². The lowest BCUT2D eigenvalue weighted by Crippen LogP contribution is -1.82. The zero-order chi connectivity index (χ0) is 7.40. The normalized spacial score (nSPS) is 9.80. The average molecular weight is 153 g/mol. The predicted molar refractivity (Wildman–Crippen MR) is 45.4 cm³/mol. The molecule has 0 aliphatic heterocycles. The van der Waals surface area contributed by atoms with Gasteiger partial charge in [-0.15, -0.1) is 11.8 Å². The third kappa shape index (κ3) is 1.74. The Hall–Kier alpha value is -0.500. The first kappa shape index (κ1) is 7.61. The summed E-state index contributed by atoms with van der Waals surface area (Å²) in [5.74, 6) is 0. The first-order valence-corrected chi connectivity index (χ1v) is 4.57. The molecule has 0 atom stereocenters. The van der Waals surface area contributed by atoms with Crippen LogP contribution in [0.5, 0.6) is 0 Å². The van der Waals surface area contributed by atoms with Crippen LogP contribution in [-0.4, -0.2) is 11.2 Å². The van der Waals surface area contributed by atoms with Crippen molar-refractivity contribution in [1.82, 2.24) is 4.98 Å². The Labute approximate surface area is 65.9 Å². The van der Waals surface area contributed by atoms with E-state index < -0.39 is 0 Å². The number of thioether (sulfide) groups is 1. The number of aromatic nitrogens is 1. The molecule has 0 aromatic carbocycles. The van der Waals surface area contributed by atoms with E-state index in [9.17, 15) is 0 Å². The molecule has 0 saturated heterocycles. The van der Waals surface area contributed by atoms with E-state index in [0.29, 0.717) is 0 Å². The van der Waals surface area contributed by atoms with Crippen LogP contribution in [0.15, 0.2) is 23.4 Å². The summed E-state index contributed by atoms with van der Waals surface area (Å²) in [5, 5.41) is 0. The molecule has 1 rings (SSSR count). The molecule has 10 heavy (non-hydrogen) atoms. The van der Waals surface area contributed by atoms with Crippen LogP contribution in [0.25, 0.3) is 0 Å². The fourth-order valence-corrected chi connectivity index (χ4v) is 1.20. The zero-order valence-electron chi connectivity index (χ0n) is 6.29. The minimum absolute atomic E-state index is 1.07. The van der Waals surface area contributed by atoms with Gasteiger partial charge < -0.3 is 0 Å². The summed E-state index contributed by atoms with van der Waals surface area (Å²) in [4.78, 5) is 5.35. The number of hydrogen-bond acceptors (Lipinski definition) is 2. The zero-order valence-corrected chi connectivity index (χ0v) is 7.11. The second-order valence-corrected chi connectivity index (χ2v) is 2.97. The highest BCUT2D eigenvalue weighted by molar-refractivity contribution is 7.98. The van der Waals surface area contributed by atoms with E-state index in [2.05, 4.69) is 24.2 Å². The van der Waals surface area contributed by atoms with Gasteiger partial charge in [-0.3, -0.25) is 4.98 Å². The largest absolute Gasteiger partial charge is 0.263 e. The molecule has 0 bridgehead atoms. The number of aryl methyl sites for hydroxylation is 1. The highest BCUT2D eigenvalue weighted by atomic mass is 32.2. The lowest BCUT2D eigenvalue weighted by molar-refractivity contribution is 1.07. The van der Waals surface area contributed by atoms with Gasteiger partial charge in [0.2, 0.25) is 0 Å². The minimum Gasteiger partial charge on any atom is -0.263 e. The Morgan fingerprint density at radius 3 is 2.90 bits per heavy atom. The maximum Gasteiger partial charge on any atom is 0.0404 e. The maximum absolute atomic E-state index is 4.11. The fourth-order valence-electron chi connectivity index (χ4n) is 0.769. The quantitative estimate of drug-likeness (QED) is 0.605. The van der Waals surface area contributed by atoms with Gasteiger partial charge in [0.05, 0.1) is 0 Å². The Bertz CT molecular complexity index is 191. The molecule has 0 fully saturated rings. The van der Waals surface area contributed by atoms with Crippen molar-refractivity contribution in [3.05, 3.63) is 24.0 Å². The fraction of sp³-hybridized carbons (Fsp3) is 0.375. The van der Waals surface area contributed by atoms with Crippen molar-refractivity contribution in [2.24, 2.45) is 0 Å². The summed E-state index contributed by atoms with van der Waals surface area (Å²) < 4.78 is 0. The van der Waals surface area contributed by atoms with Crippen molar-refractivity contribution in [3.63, 3.8) is 0 Å². The maximum atomic E-state index is 4.11. The molecule has 0 N–H and O–H groups in total. The van der Waals surface area contributed by atoms with Crippen molar-refractivity contribution < 1.29 is 0 Å². The van der Waals surface area contributed by atoms with Crippen molar-refractivity contribution in [2.75, 3.05) is 6.26 Å². The Morgan fingerprint density at radius 2 is 2.30 bits per heavy atom. The lowest BCUT2D eigenvalue weighted by atomic mass is 10.2. The Kier molecular flexibility index (Phi) is 2.75. The minimum atomic E-state index is 1.07. The number of nitrogens with zero attached hydrogens (tertiary/aromatic N) is 1. The van der Waals surface area contributed by atoms with Crippen molar-refractivity contribution in [1.29, 1.82) is 0 Å². The van der Waals surface area contributed by atoms with E-state index in [4.69, 9.17) is 0 Å². The van der Waals surface area contributed by atoms with Crippen molar-refractivity contribution in [2.45, 2.75) is 18.2 Å². The Morgan fingerprint density at radius 1 is 1.50 bits per heavy atom. The van der Waals surface area contributed by atoms with Gasteiger partial charge in [-0.2, -0.15) is 0 Å². The summed E-state index contributed by atoms with van der Waals surface area (Å²) >= 11 is 1.74. The van der Waals surface area contributed by atoms with Crippen LogP contribution in [0.4, 0.5) is 0 Å². The number of hydrogen-bond donors (Lipinski definition) is 0. The predicted octanol–water partition coefficient (Wildman–Crippen LogP) is 2.37. The highest BCUT2D eigenvalue weighted by Gasteiger charge is 1.91. The van der Waals surface area contributed by atoms with Crippen LogP contribution in [-0.2, 0) is 6.42 Å². The second-order valence-electron chi connectivity index (χ2n) is 2.09. The van der Waals surface area contributed by atoms with Gasteiger partial charge in [-0.1, -0.05) is 6.92 Å². The lowest BCUT2D eigenvalue weighted by Gasteiger charge is -1.97. The van der Waals surface area contributed by atoms with Gasteiger partial charge in [0.25, 0.3) is 0 Å². The summed E-state index contributed by atoms with van der Waals surface area (Å²) in [7, 11) is 0. The van der Waals surface area contributed by atoms with Gasteiger partial charge in [0.15, 0.2) is 0 Å². The molecule has 1 nitrogen and oxygen atoms in total. The molecular formula is C8H11NS. The van der Waals surface area contributed by atoms with E-state index >= 15 is 0 Å². The van der Waals surface area contributed by atoms with E-state index in [1.165, 1.54) is 10.5 Å². The van der Waals surface area contributed by atoms with E-state index in [0.717, 1.165) is 6.42 Å². The Balaban J connectivity index is 2.87. The van der Waals surface area contributed by atoms with Gasteiger partial charge in [0.1, 0.15) is 0 Å². The second kappa shape index (κ2) is 3.62. The molecule has 0 spiro atoms. The van der Waals surface area contributed by atoms with Gasteiger partial charge >= 0.3 is 0 Å². The van der Waals surface area contributed by atoms with Gasteiger partial charge in [-0.25, -0.2) is 0 Å². The summed E-state index contributed by atoms with van der Waals surface area (Å²) in [6, 6.07) is 2.18. The van der Waals surface area contributed by atoms with E-state index in [1.807, 2.05) is 12.4 Å². The third-order valence-electron chi connectivity index (χ3n) is 1.41. The molecule has 1 aromatic heterocycles. The first-order valence-electron chi connectivity index (χ1n) is 3.34. The number of pyridine rings is 1. The standard InChI is InChI=1S/C8H11NS/c1-3-7-4-8(10-2)6-9-5-7/h4-6H,3H2,1-2H3.